The first kappa shape index (κ1) is 19.0. The molecule has 1 fully saturated rings. The zero-order valence-corrected chi connectivity index (χ0v) is 14.8. The van der Waals surface area contributed by atoms with Crippen LogP contribution in [0.3, 0.4) is 0 Å². The Kier molecular flexibility index (Phi) is 4.74. The SMILES string of the molecule is O=C(Nc1c(F)c(F)c(N2CCOCC2)c(F)c1F)c1c(=O)[nH]n2ccccc12. The number of nitrogens with zero attached hydrogens (tertiary/aromatic N) is 2. The smallest absolute Gasteiger partial charge is 0.277 e. The molecule has 3 aromatic rings. The maximum Gasteiger partial charge on any atom is 0.277 e. The number of pyridine rings is 1. The molecule has 1 aliphatic heterocycles. The van der Waals surface area contributed by atoms with Gasteiger partial charge in [-0.1, -0.05) is 6.07 Å². The maximum absolute atomic E-state index is 14.5. The van der Waals surface area contributed by atoms with Crippen LogP contribution in [0.4, 0.5) is 28.9 Å². The number of amides is 1. The summed E-state index contributed by atoms with van der Waals surface area (Å²) in [6, 6.07) is 4.54. The lowest BCUT2D eigenvalue weighted by Gasteiger charge is -2.29. The summed E-state index contributed by atoms with van der Waals surface area (Å²) in [7, 11) is 0. The standard InChI is InChI=1S/C18H14F4N4O3/c19-11-13(21)16(25-5-7-29-8-6-25)14(22)12(20)15(11)23-17(27)10-9-3-1-2-4-26(9)24-18(10)28/h1-4H,5-8H2,(H,23,27)(H,24,28). The van der Waals surface area contributed by atoms with E-state index in [0.29, 0.717) is 0 Å². The molecule has 11 heteroatoms. The number of hydrogen-bond acceptors (Lipinski definition) is 4. The van der Waals surface area contributed by atoms with Crippen LogP contribution < -0.4 is 15.8 Å². The molecule has 7 nitrogen and oxygen atoms in total. The van der Waals surface area contributed by atoms with E-state index in [9.17, 15) is 27.2 Å². The van der Waals surface area contributed by atoms with Crippen molar-refractivity contribution in [3.05, 3.63) is 63.6 Å². The quantitative estimate of drug-likeness (QED) is 0.513. The summed E-state index contributed by atoms with van der Waals surface area (Å²) in [5.41, 5.74) is -3.34. The fourth-order valence-electron chi connectivity index (χ4n) is 3.22. The molecule has 1 saturated heterocycles. The number of carbonyl (C=O) groups excluding carboxylic acids is 1. The molecule has 2 aromatic heterocycles. The van der Waals surface area contributed by atoms with Crippen molar-refractivity contribution in [3.63, 3.8) is 0 Å². The predicted octanol–water partition coefficient (Wildman–Crippen LogP) is 2.27. The van der Waals surface area contributed by atoms with Gasteiger partial charge in [0.05, 0.1) is 18.7 Å². The highest BCUT2D eigenvalue weighted by molar-refractivity contribution is 6.08. The Morgan fingerprint density at radius 3 is 2.34 bits per heavy atom. The number of H-pyrrole nitrogens is 1. The van der Waals surface area contributed by atoms with Gasteiger partial charge in [0.2, 0.25) is 0 Å². The van der Waals surface area contributed by atoms with E-state index in [1.807, 2.05) is 0 Å². The number of anilines is 2. The summed E-state index contributed by atoms with van der Waals surface area (Å²) < 4.78 is 64.4. The topological polar surface area (TPSA) is 78.8 Å². The van der Waals surface area contributed by atoms with E-state index in [-0.39, 0.29) is 31.8 Å². The maximum atomic E-state index is 14.5. The zero-order valence-electron chi connectivity index (χ0n) is 14.8. The normalized spacial score (nSPS) is 14.4. The Bertz CT molecular complexity index is 1140. The molecule has 1 aromatic carbocycles. The summed E-state index contributed by atoms with van der Waals surface area (Å²) >= 11 is 0. The first-order valence-electron chi connectivity index (χ1n) is 8.59. The van der Waals surface area contributed by atoms with Gasteiger partial charge in [-0.15, -0.1) is 0 Å². The number of nitrogens with one attached hydrogen (secondary N) is 2. The predicted molar refractivity (Wildman–Crippen MR) is 95.3 cm³/mol. The minimum Gasteiger partial charge on any atom is -0.378 e. The second kappa shape index (κ2) is 7.24. The van der Waals surface area contributed by atoms with Gasteiger partial charge in [0.15, 0.2) is 23.3 Å². The largest absolute Gasteiger partial charge is 0.378 e. The van der Waals surface area contributed by atoms with E-state index in [2.05, 4.69) is 5.10 Å². The third-order valence-electron chi connectivity index (χ3n) is 4.60. The minimum absolute atomic E-state index is 0.0462. The number of hydrogen-bond donors (Lipinski definition) is 2. The third-order valence-corrected chi connectivity index (χ3v) is 4.60. The summed E-state index contributed by atoms with van der Waals surface area (Å²) in [5, 5.41) is 4.12. The van der Waals surface area contributed by atoms with Gasteiger partial charge < -0.3 is 15.0 Å². The highest BCUT2D eigenvalue weighted by Crippen LogP contribution is 2.34. The Morgan fingerprint density at radius 2 is 1.69 bits per heavy atom. The molecule has 29 heavy (non-hydrogen) atoms. The molecule has 1 amide bonds. The van der Waals surface area contributed by atoms with Crippen LogP contribution in [0.5, 0.6) is 0 Å². The monoisotopic (exact) mass is 410 g/mol. The van der Waals surface area contributed by atoms with Crippen molar-refractivity contribution in [1.82, 2.24) is 9.61 Å². The van der Waals surface area contributed by atoms with Gasteiger partial charge in [-0.2, -0.15) is 0 Å². The second-order valence-electron chi connectivity index (χ2n) is 6.30. The van der Waals surface area contributed by atoms with Crippen LogP contribution in [0.25, 0.3) is 5.52 Å². The number of halogens is 4. The van der Waals surface area contributed by atoms with Crippen LogP contribution in [-0.2, 0) is 4.74 Å². The summed E-state index contributed by atoms with van der Waals surface area (Å²) in [6.45, 7) is 0.380. The lowest BCUT2D eigenvalue weighted by Crippen LogP contribution is -2.38. The lowest BCUT2D eigenvalue weighted by atomic mass is 10.1. The van der Waals surface area contributed by atoms with E-state index < -0.39 is 51.7 Å². The molecule has 0 bridgehead atoms. The fourth-order valence-corrected chi connectivity index (χ4v) is 3.22. The molecule has 0 atom stereocenters. The number of morpholine rings is 1. The lowest BCUT2D eigenvalue weighted by molar-refractivity contribution is 0.102. The molecule has 3 heterocycles. The number of aromatic amines is 1. The van der Waals surface area contributed by atoms with Crippen LogP contribution in [0.2, 0.25) is 0 Å². The number of aromatic nitrogens is 2. The minimum atomic E-state index is -1.77. The van der Waals surface area contributed by atoms with Crippen molar-refractivity contribution in [2.75, 3.05) is 36.5 Å². The van der Waals surface area contributed by atoms with Gasteiger partial charge in [-0.25, -0.2) is 17.6 Å². The molecule has 0 aliphatic carbocycles. The first-order chi connectivity index (χ1) is 13.9. The highest BCUT2D eigenvalue weighted by Gasteiger charge is 2.31. The molecule has 0 saturated carbocycles. The second-order valence-corrected chi connectivity index (χ2v) is 6.30. The average Bonchev–Trinajstić information content (AvgIpc) is 3.06. The van der Waals surface area contributed by atoms with Gasteiger partial charge in [0.25, 0.3) is 11.5 Å². The van der Waals surface area contributed by atoms with Crippen molar-refractivity contribution in [2.24, 2.45) is 0 Å². The van der Waals surface area contributed by atoms with E-state index in [1.165, 1.54) is 22.8 Å². The molecule has 0 spiro atoms. The number of rotatable bonds is 3. The fraction of sp³-hybridized carbons (Fsp3) is 0.222. The van der Waals surface area contributed by atoms with Crippen molar-refractivity contribution in [2.45, 2.75) is 0 Å². The Morgan fingerprint density at radius 1 is 1.03 bits per heavy atom. The van der Waals surface area contributed by atoms with E-state index >= 15 is 0 Å². The van der Waals surface area contributed by atoms with Gasteiger partial charge >= 0.3 is 0 Å². The van der Waals surface area contributed by atoms with E-state index in [0.717, 1.165) is 4.90 Å². The molecule has 152 valence electrons. The zero-order chi connectivity index (χ0) is 20.7. The molecule has 0 radical (unpaired) electrons. The number of fused-ring (bicyclic) bond motifs is 1. The van der Waals surface area contributed by atoms with Gasteiger partial charge in [0, 0.05) is 19.3 Å². The van der Waals surface area contributed by atoms with Crippen LogP contribution in [0.15, 0.2) is 29.2 Å². The Balaban J connectivity index is 1.75. The van der Waals surface area contributed by atoms with Crippen LogP contribution >= 0.6 is 0 Å². The summed E-state index contributed by atoms with van der Waals surface area (Å²) in [6.07, 6.45) is 1.45. The first-order valence-corrected chi connectivity index (χ1v) is 8.59. The third kappa shape index (κ3) is 3.12. The Hall–Kier alpha value is -3.34. The highest BCUT2D eigenvalue weighted by atomic mass is 19.2. The van der Waals surface area contributed by atoms with Gasteiger partial charge in [-0.05, 0) is 12.1 Å². The number of ether oxygens (including phenoxy) is 1. The van der Waals surface area contributed by atoms with Crippen LogP contribution in [-0.4, -0.2) is 41.8 Å². The number of benzene rings is 1. The van der Waals surface area contributed by atoms with Crippen molar-refractivity contribution in [1.29, 1.82) is 0 Å². The Labute approximate surface area is 160 Å². The molecule has 4 rings (SSSR count). The molecule has 1 aliphatic rings. The van der Waals surface area contributed by atoms with Crippen molar-refractivity contribution >= 4 is 22.8 Å². The molecule has 2 N–H and O–H groups in total. The number of carbonyl (C=O) groups is 1. The molecular weight excluding hydrogens is 396 g/mol. The van der Waals surface area contributed by atoms with Gasteiger partial charge in [0.1, 0.15) is 16.9 Å². The average molecular weight is 410 g/mol. The van der Waals surface area contributed by atoms with E-state index in [1.54, 1.807) is 11.4 Å². The summed E-state index contributed by atoms with van der Waals surface area (Å²) in [5.74, 6) is -8.03. The van der Waals surface area contributed by atoms with Crippen molar-refractivity contribution < 1.29 is 27.1 Å². The summed E-state index contributed by atoms with van der Waals surface area (Å²) in [4.78, 5) is 25.6. The van der Waals surface area contributed by atoms with Crippen LogP contribution in [0, 0.1) is 23.3 Å². The van der Waals surface area contributed by atoms with Crippen LogP contribution in [0.1, 0.15) is 10.4 Å². The van der Waals surface area contributed by atoms with E-state index in [4.69, 9.17) is 4.74 Å². The van der Waals surface area contributed by atoms with Crippen molar-refractivity contribution in [3.8, 4) is 0 Å². The molecular formula is C18H14F4N4O3. The molecule has 0 unspecified atom stereocenters. The van der Waals surface area contributed by atoms with Gasteiger partial charge in [-0.3, -0.25) is 19.2 Å².